The molecule has 8 aromatic carbocycles. The maximum absolute atomic E-state index is 2.73. The van der Waals surface area contributed by atoms with Crippen LogP contribution in [0.3, 0.4) is 0 Å². The van der Waals surface area contributed by atoms with Gasteiger partial charge in [-0.25, -0.2) is 0 Å². The molecule has 240 valence electrons. The molecular formula is C48H34N2Si. The Balaban J connectivity index is 1.36. The van der Waals surface area contributed by atoms with Crippen molar-refractivity contribution in [2.45, 2.75) is 0 Å². The van der Waals surface area contributed by atoms with Gasteiger partial charge in [0.2, 0.25) is 0 Å². The first-order chi connectivity index (χ1) is 25.3. The molecular weight excluding hydrogens is 633 g/mol. The van der Waals surface area contributed by atoms with E-state index >= 15 is 0 Å². The summed E-state index contributed by atoms with van der Waals surface area (Å²) in [5.74, 6) is 0. The summed E-state index contributed by atoms with van der Waals surface area (Å²) in [6, 6.07) is 76.2. The van der Waals surface area contributed by atoms with Gasteiger partial charge in [0.1, 0.15) is 0 Å². The lowest BCUT2D eigenvalue weighted by Crippen LogP contribution is -2.74. The summed E-state index contributed by atoms with van der Waals surface area (Å²) in [4.78, 5) is 0. The summed E-state index contributed by atoms with van der Waals surface area (Å²) in [5, 5.41) is 10.6. The molecule has 0 aliphatic rings. The highest BCUT2D eigenvalue weighted by molar-refractivity contribution is 7.20. The lowest BCUT2D eigenvalue weighted by Gasteiger charge is -2.34. The highest BCUT2D eigenvalue weighted by atomic mass is 28.3. The van der Waals surface area contributed by atoms with Gasteiger partial charge in [0, 0.05) is 32.9 Å². The van der Waals surface area contributed by atoms with Crippen LogP contribution in [-0.4, -0.2) is 17.2 Å². The van der Waals surface area contributed by atoms with Crippen LogP contribution in [0.4, 0.5) is 0 Å². The Hall–Kier alpha value is -6.42. The SMILES string of the molecule is c1ccc(-n2c3ccccc3c3cc4c5cc([Si](c6ccccc6)(c6ccccc6)c6ccccc6)ccc5n(-c5ccccc5)c4cc32)cc1. The van der Waals surface area contributed by atoms with Gasteiger partial charge in [-0.3, -0.25) is 0 Å². The molecule has 0 aliphatic carbocycles. The maximum Gasteiger partial charge on any atom is 0.179 e. The van der Waals surface area contributed by atoms with Crippen LogP contribution < -0.4 is 20.7 Å². The largest absolute Gasteiger partial charge is 0.309 e. The number of para-hydroxylation sites is 3. The van der Waals surface area contributed by atoms with Crippen molar-refractivity contribution in [1.82, 2.24) is 9.13 Å². The van der Waals surface area contributed by atoms with Crippen LogP contribution in [0.25, 0.3) is 55.0 Å². The second-order valence-corrected chi connectivity index (χ2v) is 17.1. The molecule has 0 spiro atoms. The second-order valence-electron chi connectivity index (χ2n) is 13.3. The fourth-order valence-corrected chi connectivity index (χ4v) is 13.3. The van der Waals surface area contributed by atoms with Crippen LogP contribution in [0.5, 0.6) is 0 Å². The zero-order valence-electron chi connectivity index (χ0n) is 28.0. The predicted octanol–water partition coefficient (Wildman–Crippen LogP) is 9.26. The topological polar surface area (TPSA) is 9.86 Å². The van der Waals surface area contributed by atoms with Gasteiger partial charge in [-0.15, -0.1) is 0 Å². The molecule has 0 unspecified atom stereocenters. The first kappa shape index (κ1) is 29.5. The fourth-order valence-electron chi connectivity index (χ4n) is 8.49. The van der Waals surface area contributed by atoms with Crippen molar-refractivity contribution in [3.8, 4) is 11.4 Å². The molecule has 10 aromatic rings. The van der Waals surface area contributed by atoms with Crippen LogP contribution in [0, 0.1) is 0 Å². The third-order valence-corrected chi connectivity index (χ3v) is 15.4. The molecule has 0 amide bonds. The quantitative estimate of drug-likeness (QED) is 0.124. The van der Waals surface area contributed by atoms with Crippen molar-refractivity contribution in [1.29, 1.82) is 0 Å². The summed E-state index contributed by atoms with van der Waals surface area (Å²) >= 11 is 0. The van der Waals surface area contributed by atoms with Gasteiger partial charge in [0.15, 0.2) is 8.07 Å². The molecule has 10 rings (SSSR count). The number of aromatic nitrogens is 2. The van der Waals surface area contributed by atoms with Gasteiger partial charge in [0.25, 0.3) is 0 Å². The standard InChI is InChI=1S/C48H34N2Si/c1-6-18-35(19-7-1)49-45-29-17-16-28-41(45)43-33-44-42-32-40(30-31-46(42)50(48(44)34-47(43)49)36-20-8-2-9-21-36)51(37-22-10-3-11-23-37,38-24-12-4-13-25-38)39-26-14-5-15-27-39/h1-34H. The molecule has 3 heteroatoms. The molecule has 0 saturated carbocycles. The van der Waals surface area contributed by atoms with Gasteiger partial charge in [-0.1, -0.05) is 158 Å². The number of hydrogen-bond donors (Lipinski definition) is 0. The van der Waals surface area contributed by atoms with E-state index in [1.54, 1.807) is 0 Å². The smallest absolute Gasteiger partial charge is 0.179 e. The molecule has 0 radical (unpaired) electrons. The minimum Gasteiger partial charge on any atom is -0.309 e. The highest BCUT2D eigenvalue weighted by Crippen LogP contribution is 2.39. The molecule has 2 nitrogen and oxygen atoms in total. The fraction of sp³-hybridized carbons (Fsp3) is 0. The molecule has 0 fully saturated rings. The van der Waals surface area contributed by atoms with Gasteiger partial charge >= 0.3 is 0 Å². The van der Waals surface area contributed by atoms with E-state index in [1.165, 1.54) is 64.4 Å². The minimum atomic E-state index is -2.73. The summed E-state index contributed by atoms with van der Waals surface area (Å²) in [6.07, 6.45) is 0. The van der Waals surface area contributed by atoms with E-state index in [2.05, 4.69) is 215 Å². The van der Waals surface area contributed by atoms with E-state index in [9.17, 15) is 0 Å². The Morgan fingerprint density at radius 1 is 0.255 bits per heavy atom. The molecule has 2 aromatic heterocycles. The van der Waals surface area contributed by atoms with E-state index in [1.807, 2.05) is 0 Å². The number of benzene rings is 8. The van der Waals surface area contributed by atoms with Crippen molar-refractivity contribution in [3.05, 3.63) is 206 Å². The Labute approximate surface area is 298 Å². The zero-order valence-corrected chi connectivity index (χ0v) is 29.0. The number of rotatable bonds is 6. The Bertz CT molecular complexity index is 2730. The van der Waals surface area contributed by atoms with Crippen molar-refractivity contribution >= 4 is 72.4 Å². The summed E-state index contributed by atoms with van der Waals surface area (Å²) in [6.45, 7) is 0. The average molecular weight is 667 g/mol. The molecule has 51 heavy (non-hydrogen) atoms. The van der Waals surface area contributed by atoms with Crippen LogP contribution in [0.2, 0.25) is 0 Å². The monoisotopic (exact) mass is 666 g/mol. The van der Waals surface area contributed by atoms with Crippen molar-refractivity contribution in [3.63, 3.8) is 0 Å². The first-order valence-electron chi connectivity index (χ1n) is 17.6. The Kier molecular flexibility index (Phi) is 6.86. The Morgan fingerprint density at radius 3 is 1.16 bits per heavy atom. The van der Waals surface area contributed by atoms with E-state index < -0.39 is 8.07 Å². The van der Waals surface area contributed by atoms with Crippen LogP contribution >= 0.6 is 0 Å². The predicted molar refractivity (Wildman–Crippen MR) is 219 cm³/mol. The lowest BCUT2D eigenvalue weighted by molar-refractivity contribution is 1.16. The van der Waals surface area contributed by atoms with Crippen LogP contribution in [0.15, 0.2) is 206 Å². The van der Waals surface area contributed by atoms with Gasteiger partial charge in [0.05, 0.1) is 22.1 Å². The highest BCUT2D eigenvalue weighted by Gasteiger charge is 2.41. The summed E-state index contributed by atoms with van der Waals surface area (Å²) in [5.41, 5.74) is 7.15. The van der Waals surface area contributed by atoms with E-state index in [4.69, 9.17) is 0 Å². The third-order valence-electron chi connectivity index (χ3n) is 10.6. The van der Waals surface area contributed by atoms with Gasteiger partial charge in [-0.2, -0.15) is 0 Å². The zero-order chi connectivity index (χ0) is 33.8. The van der Waals surface area contributed by atoms with Crippen molar-refractivity contribution in [2.75, 3.05) is 0 Å². The minimum absolute atomic E-state index is 1.16. The normalized spacial score (nSPS) is 11.9. The Morgan fingerprint density at radius 2 is 0.647 bits per heavy atom. The number of nitrogens with zero attached hydrogens (tertiary/aromatic N) is 2. The van der Waals surface area contributed by atoms with Crippen LogP contribution in [-0.2, 0) is 0 Å². The van der Waals surface area contributed by atoms with Crippen molar-refractivity contribution < 1.29 is 0 Å². The van der Waals surface area contributed by atoms with Gasteiger partial charge < -0.3 is 9.13 Å². The molecule has 0 N–H and O–H groups in total. The first-order valence-corrected chi connectivity index (χ1v) is 19.6. The molecule has 0 saturated heterocycles. The number of fused-ring (bicyclic) bond motifs is 6. The van der Waals surface area contributed by atoms with E-state index in [0.29, 0.717) is 0 Å². The molecule has 2 heterocycles. The third kappa shape index (κ3) is 4.49. The molecule has 0 atom stereocenters. The maximum atomic E-state index is 2.53. The van der Waals surface area contributed by atoms with E-state index in [0.717, 1.165) is 11.4 Å². The lowest BCUT2D eigenvalue weighted by atomic mass is 10.1. The van der Waals surface area contributed by atoms with Crippen molar-refractivity contribution in [2.24, 2.45) is 0 Å². The summed E-state index contributed by atoms with van der Waals surface area (Å²) in [7, 11) is -2.73. The summed E-state index contributed by atoms with van der Waals surface area (Å²) < 4.78 is 4.87. The van der Waals surface area contributed by atoms with Crippen LogP contribution in [0.1, 0.15) is 0 Å². The second kappa shape index (κ2) is 11.9. The molecule has 0 aliphatic heterocycles. The molecule has 0 bridgehead atoms. The van der Waals surface area contributed by atoms with E-state index in [-0.39, 0.29) is 0 Å². The average Bonchev–Trinajstić information content (AvgIpc) is 3.71. The van der Waals surface area contributed by atoms with Gasteiger partial charge in [-0.05, 0) is 69.3 Å². The number of hydrogen-bond acceptors (Lipinski definition) is 0.